The number of amides is 1. The Kier molecular flexibility index (Phi) is 5.15. The van der Waals surface area contributed by atoms with Crippen molar-refractivity contribution >= 4 is 5.91 Å². The third-order valence-corrected chi connectivity index (χ3v) is 3.95. The standard InChI is InChI=1S/C16H25N3O/c1-13-5-4-6-14(2)15(13)11-18(3)12-16(20)19-9-7-17-8-10-19/h4-6,17H,7-12H2,1-3H3. The molecule has 0 aliphatic carbocycles. The van der Waals surface area contributed by atoms with Crippen molar-refractivity contribution in [3.8, 4) is 0 Å². The molecule has 110 valence electrons. The zero-order chi connectivity index (χ0) is 14.5. The second-order valence-corrected chi connectivity index (χ2v) is 5.67. The summed E-state index contributed by atoms with van der Waals surface area (Å²) in [5.74, 6) is 0.236. The Labute approximate surface area is 121 Å². The Hall–Kier alpha value is -1.39. The molecule has 0 aromatic heterocycles. The molecule has 1 heterocycles. The van der Waals surface area contributed by atoms with Crippen LogP contribution in [0.3, 0.4) is 0 Å². The monoisotopic (exact) mass is 275 g/mol. The lowest BCUT2D eigenvalue weighted by molar-refractivity contribution is -0.132. The van der Waals surface area contributed by atoms with Crippen LogP contribution in [0.25, 0.3) is 0 Å². The minimum atomic E-state index is 0.236. The summed E-state index contributed by atoms with van der Waals surface area (Å²) >= 11 is 0. The minimum Gasteiger partial charge on any atom is -0.339 e. The molecule has 1 aromatic carbocycles. The molecular weight excluding hydrogens is 250 g/mol. The Morgan fingerprint density at radius 1 is 1.25 bits per heavy atom. The van der Waals surface area contributed by atoms with Gasteiger partial charge < -0.3 is 10.2 Å². The van der Waals surface area contributed by atoms with Crippen LogP contribution in [0.4, 0.5) is 0 Å². The average molecular weight is 275 g/mol. The lowest BCUT2D eigenvalue weighted by Crippen LogP contribution is -2.49. The van der Waals surface area contributed by atoms with Crippen LogP contribution < -0.4 is 5.32 Å². The molecule has 1 aliphatic rings. The fourth-order valence-corrected chi connectivity index (χ4v) is 2.67. The van der Waals surface area contributed by atoms with E-state index < -0.39 is 0 Å². The number of hydrogen-bond acceptors (Lipinski definition) is 3. The maximum absolute atomic E-state index is 12.2. The fraction of sp³-hybridized carbons (Fsp3) is 0.562. The van der Waals surface area contributed by atoms with E-state index >= 15 is 0 Å². The van der Waals surface area contributed by atoms with E-state index in [0.29, 0.717) is 6.54 Å². The summed E-state index contributed by atoms with van der Waals surface area (Å²) in [6.45, 7) is 9.07. The Morgan fingerprint density at radius 2 is 1.85 bits per heavy atom. The summed E-state index contributed by atoms with van der Waals surface area (Å²) in [6.07, 6.45) is 0. The molecule has 2 rings (SSSR count). The van der Waals surface area contributed by atoms with Crippen LogP contribution in [0, 0.1) is 13.8 Å². The minimum absolute atomic E-state index is 0.236. The molecule has 1 fully saturated rings. The van der Waals surface area contributed by atoms with Gasteiger partial charge in [0.2, 0.25) is 5.91 Å². The molecule has 20 heavy (non-hydrogen) atoms. The highest BCUT2D eigenvalue weighted by atomic mass is 16.2. The predicted octanol–water partition coefficient (Wildman–Crippen LogP) is 1.17. The summed E-state index contributed by atoms with van der Waals surface area (Å²) in [5.41, 5.74) is 3.93. The van der Waals surface area contributed by atoms with Gasteiger partial charge in [-0.3, -0.25) is 9.69 Å². The number of nitrogens with zero attached hydrogens (tertiary/aromatic N) is 2. The molecule has 4 nitrogen and oxygen atoms in total. The van der Waals surface area contributed by atoms with Crippen LogP contribution in [0.2, 0.25) is 0 Å². The van der Waals surface area contributed by atoms with Crippen LogP contribution in [0.5, 0.6) is 0 Å². The first-order valence-corrected chi connectivity index (χ1v) is 7.30. The summed E-state index contributed by atoms with van der Waals surface area (Å²) in [4.78, 5) is 16.3. The Morgan fingerprint density at radius 3 is 2.45 bits per heavy atom. The maximum Gasteiger partial charge on any atom is 0.236 e. The van der Waals surface area contributed by atoms with E-state index in [-0.39, 0.29) is 5.91 Å². The molecule has 0 radical (unpaired) electrons. The molecule has 0 saturated carbocycles. The SMILES string of the molecule is Cc1cccc(C)c1CN(C)CC(=O)N1CCNCC1. The van der Waals surface area contributed by atoms with E-state index in [2.05, 4.69) is 42.3 Å². The van der Waals surface area contributed by atoms with Gasteiger partial charge in [-0.15, -0.1) is 0 Å². The molecule has 4 heteroatoms. The molecule has 0 bridgehead atoms. The van der Waals surface area contributed by atoms with Gasteiger partial charge in [-0.2, -0.15) is 0 Å². The van der Waals surface area contributed by atoms with Crippen molar-refractivity contribution in [2.75, 3.05) is 39.8 Å². The van der Waals surface area contributed by atoms with Crippen molar-refractivity contribution in [3.63, 3.8) is 0 Å². The van der Waals surface area contributed by atoms with Gasteiger partial charge in [-0.1, -0.05) is 18.2 Å². The van der Waals surface area contributed by atoms with E-state index in [1.54, 1.807) is 0 Å². The van der Waals surface area contributed by atoms with Crippen LogP contribution in [-0.4, -0.2) is 55.5 Å². The Balaban J connectivity index is 1.91. The number of hydrogen-bond donors (Lipinski definition) is 1. The number of carbonyl (C=O) groups is 1. The highest BCUT2D eigenvalue weighted by Gasteiger charge is 2.18. The van der Waals surface area contributed by atoms with E-state index in [9.17, 15) is 4.79 Å². The van der Waals surface area contributed by atoms with Crippen molar-refractivity contribution in [3.05, 3.63) is 34.9 Å². The fourth-order valence-electron chi connectivity index (χ4n) is 2.67. The second-order valence-electron chi connectivity index (χ2n) is 5.67. The average Bonchev–Trinajstić information content (AvgIpc) is 2.44. The second kappa shape index (κ2) is 6.86. The highest BCUT2D eigenvalue weighted by molar-refractivity contribution is 5.78. The van der Waals surface area contributed by atoms with Gasteiger partial charge in [-0.25, -0.2) is 0 Å². The molecule has 0 unspecified atom stereocenters. The first kappa shape index (κ1) is 15.0. The summed E-state index contributed by atoms with van der Waals surface area (Å²) in [5, 5.41) is 3.27. The van der Waals surface area contributed by atoms with Gasteiger partial charge in [0.1, 0.15) is 0 Å². The van der Waals surface area contributed by atoms with Crippen molar-refractivity contribution in [2.45, 2.75) is 20.4 Å². The molecule has 1 aromatic rings. The topological polar surface area (TPSA) is 35.6 Å². The van der Waals surface area contributed by atoms with Crippen molar-refractivity contribution in [1.29, 1.82) is 0 Å². The number of likely N-dealkylation sites (N-methyl/N-ethyl adjacent to an activating group) is 1. The number of carbonyl (C=O) groups excluding carboxylic acids is 1. The van der Waals surface area contributed by atoms with Crippen LogP contribution in [0.15, 0.2) is 18.2 Å². The molecule has 1 saturated heterocycles. The van der Waals surface area contributed by atoms with Gasteiger partial charge in [0.25, 0.3) is 0 Å². The lowest BCUT2D eigenvalue weighted by atomic mass is 10.0. The molecule has 1 N–H and O–H groups in total. The van der Waals surface area contributed by atoms with Gasteiger partial charge in [0.15, 0.2) is 0 Å². The largest absolute Gasteiger partial charge is 0.339 e. The van der Waals surface area contributed by atoms with E-state index in [1.165, 1.54) is 16.7 Å². The molecule has 1 aliphatic heterocycles. The quantitative estimate of drug-likeness (QED) is 0.896. The normalized spacial score (nSPS) is 15.7. The Bertz CT molecular complexity index is 447. The van der Waals surface area contributed by atoms with Gasteiger partial charge >= 0.3 is 0 Å². The van der Waals surface area contributed by atoms with Crippen molar-refractivity contribution < 1.29 is 4.79 Å². The molecule has 1 amide bonds. The smallest absolute Gasteiger partial charge is 0.236 e. The van der Waals surface area contributed by atoms with Crippen LogP contribution in [-0.2, 0) is 11.3 Å². The molecular formula is C16H25N3O. The van der Waals surface area contributed by atoms with E-state index in [4.69, 9.17) is 0 Å². The maximum atomic E-state index is 12.2. The van der Waals surface area contributed by atoms with Gasteiger partial charge in [0.05, 0.1) is 6.54 Å². The van der Waals surface area contributed by atoms with Gasteiger partial charge in [-0.05, 0) is 37.6 Å². The third-order valence-electron chi connectivity index (χ3n) is 3.95. The number of nitrogens with one attached hydrogen (secondary N) is 1. The van der Waals surface area contributed by atoms with Crippen LogP contribution in [0.1, 0.15) is 16.7 Å². The first-order valence-electron chi connectivity index (χ1n) is 7.30. The van der Waals surface area contributed by atoms with Gasteiger partial charge in [0, 0.05) is 32.7 Å². The number of piperazine rings is 1. The highest BCUT2D eigenvalue weighted by Crippen LogP contribution is 2.15. The van der Waals surface area contributed by atoms with Crippen LogP contribution >= 0.6 is 0 Å². The number of benzene rings is 1. The van der Waals surface area contributed by atoms with E-state index in [0.717, 1.165) is 32.7 Å². The molecule has 0 spiro atoms. The lowest BCUT2D eigenvalue weighted by Gasteiger charge is -2.29. The van der Waals surface area contributed by atoms with E-state index in [1.807, 2.05) is 11.9 Å². The summed E-state index contributed by atoms with van der Waals surface area (Å²) in [6, 6.07) is 6.35. The number of rotatable bonds is 4. The summed E-state index contributed by atoms with van der Waals surface area (Å²) in [7, 11) is 2.02. The third kappa shape index (κ3) is 3.81. The van der Waals surface area contributed by atoms with Crippen molar-refractivity contribution in [2.24, 2.45) is 0 Å². The zero-order valence-electron chi connectivity index (χ0n) is 12.8. The van der Waals surface area contributed by atoms with Crippen molar-refractivity contribution in [1.82, 2.24) is 15.1 Å². The zero-order valence-corrected chi connectivity index (χ0v) is 12.8. The molecule has 0 atom stereocenters. The first-order chi connectivity index (χ1) is 9.58. The predicted molar refractivity (Wildman–Crippen MR) is 81.7 cm³/mol. The summed E-state index contributed by atoms with van der Waals surface area (Å²) < 4.78 is 0. The number of aryl methyl sites for hydroxylation is 2.